The van der Waals surface area contributed by atoms with E-state index in [1.165, 1.54) is 6.33 Å². The zero-order chi connectivity index (χ0) is 27.9. The van der Waals surface area contributed by atoms with Crippen molar-refractivity contribution < 1.29 is 23.9 Å². The maximum absolute atomic E-state index is 13.8. The molecule has 0 unspecified atom stereocenters. The summed E-state index contributed by atoms with van der Waals surface area (Å²) in [6, 6.07) is 4.48. The Morgan fingerprint density at radius 1 is 1.05 bits per heavy atom. The Morgan fingerprint density at radius 2 is 1.85 bits per heavy atom. The molecule has 6 rings (SSSR count). The molecular formula is C28H37N7O5. The van der Waals surface area contributed by atoms with Crippen LogP contribution >= 0.6 is 0 Å². The lowest BCUT2D eigenvalue weighted by Gasteiger charge is -2.37. The van der Waals surface area contributed by atoms with Crippen LogP contribution in [-0.4, -0.2) is 112 Å². The van der Waals surface area contributed by atoms with Crippen molar-refractivity contribution in [3.8, 4) is 5.88 Å². The number of amides is 3. The predicted octanol–water partition coefficient (Wildman–Crippen LogP) is 0.741. The van der Waals surface area contributed by atoms with Crippen LogP contribution in [0.25, 0.3) is 0 Å². The van der Waals surface area contributed by atoms with E-state index in [1.807, 2.05) is 9.80 Å². The van der Waals surface area contributed by atoms with Gasteiger partial charge in [0.05, 0.1) is 19.3 Å². The lowest BCUT2D eigenvalue weighted by Crippen LogP contribution is -2.49. The Bertz CT molecular complexity index is 1170. The Hall–Kier alpha value is -3.64. The van der Waals surface area contributed by atoms with Gasteiger partial charge in [-0.2, -0.15) is 0 Å². The van der Waals surface area contributed by atoms with Gasteiger partial charge in [0, 0.05) is 76.3 Å². The summed E-state index contributed by atoms with van der Waals surface area (Å²) < 4.78 is 11.4. The normalized spacial score (nSPS) is 25.2. The number of carbonyl (C=O) groups excluding carboxylic acids is 3. The fraction of sp³-hybridized carbons (Fsp3) is 0.571. The molecule has 3 amide bonds. The summed E-state index contributed by atoms with van der Waals surface area (Å²) in [7, 11) is 0. The molecule has 0 radical (unpaired) electrons. The molecule has 214 valence electrons. The first-order chi connectivity index (χ1) is 19.5. The summed E-state index contributed by atoms with van der Waals surface area (Å²) in [6.07, 6.45) is 7.17. The van der Waals surface area contributed by atoms with Gasteiger partial charge in [-0.3, -0.25) is 19.3 Å². The van der Waals surface area contributed by atoms with E-state index in [0.29, 0.717) is 70.7 Å². The van der Waals surface area contributed by atoms with Crippen molar-refractivity contribution in [3.05, 3.63) is 48.2 Å². The molecule has 6 heterocycles. The summed E-state index contributed by atoms with van der Waals surface area (Å²) in [5.74, 6) is 0.451. The average molecular weight is 552 g/mol. The van der Waals surface area contributed by atoms with Crippen molar-refractivity contribution in [2.24, 2.45) is 5.92 Å². The molecular weight excluding hydrogens is 514 g/mol. The van der Waals surface area contributed by atoms with E-state index in [1.54, 1.807) is 37.5 Å². The van der Waals surface area contributed by atoms with E-state index in [4.69, 9.17) is 9.47 Å². The molecule has 6 bridgehead atoms. The number of pyridine rings is 1. The number of fused-ring (bicyclic) bond motifs is 10. The van der Waals surface area contributed by atoms with Crippen LogP contribution in [0.5, 0.6) is 5.88 Å². The van der Waals surface area contributed by atoms with E-state index in [0.717, 1.165) is 18.4 Å². The first-order valence-corrected chi connectivity index (χ1v) is 14.0. The van der Waals surface area contributed by atoms with E-state index >= 15 is 0 Å². The number of piperidine rings is 1. The molecule has 1 N–H and O–H groups in total. The van der Waals surface area contributed by atoms with Gasteiger partial charge in [-0.25, -0.2) is 15.0 Å². The number of rotatable bonds is 2. The lowest BCUT2D eigenvalue weighted by atomic mass is 9.95. The van der Waals surface area contributed by atoms with Gasteiger partial charge >= 0.3 is 0 Å². The van der Waals surface area contributed by atoms with Crippen molar-refractivity contribution in [2.45, 2.75) is 44.8 Å². The van der Waals surface area contributed by atoms with E-state index < -0.39 is 0 Å². The Morgan fingerprint density at radius 3 is 2.62 bits per heavy atom. The van der Waals surface area contributed by atoms with Gasteiger partial charge in [-0.05, 0) is 31.2 Å². The average Bonchev–Trinajstić information content (AvgIpc) is 3.36. The van der Waals surface area contributed by atoms with E-state index in [9.17, 15) is 14.4 Å². The molecule has 0 spiro atoms. The van der Waals surface area contributed by atoms with Crippen LogP contribution in [0.1, 0.15) is 42.2 Å². The first-order valence-electron chi connectivity index (χ1n) is 14.0. The first kappa shape index (κ1) is 27.9. The molecule has 2 fully saturated rings. The molecule has 0 aromatic carbocycles. The SMILES string of the molecule is CC(=O)N1CCOCCOc2cccc(n2)C(=O)N[C@H]2C[C@@H](C(=O)N3CCC(CC3)C1)N(Cc1cncnc1)C2. The minimum atomic E-state index is -0.371. The van der Waals surface area contributed by atoms with Crippen LogP contribution in [0, 0.1) is 5.92 Å². The molecule has 2 saturated heterocycles. The topological polar surface area (TPSA) is 130 Å². The largest absolute Gasteiger partial charge is 0.475 e. The second-order valence-electron chi connectivity index (χ2n) is 10.7. The molecule has 2 aromatic rings. The number of carbonyl (C=O) groups is 3. The molecule has 12 heteroatoms. The van der Waals surface area contributed by atoms with E-state index in [2.05, 4.69) is 25.2 Å². The van der Waals surface area contributed by atoms with Gasteiger partial charge in [0.1, 0.15) is 18.6 Å². The fourth-order valence-corrected chi connectivity index (χ4v) is 5.68. The number of nitrogens with one attached hydrogen (secondary N) is 1. The molecule has 40 heavy (non-hydrogen) atoms. The lowest BCUT2D eigenvalue weighted by molar-refractivity contribution is -0.138. The zero-order valence-corrected chi connectivity index (χ0v) is 22.9. The highest BCUT2D eigenvalue weighted by Crippen LogP contribution is 2.26. The molecule has 2 aromatic heterocycles. The van der Waals surface area contributed by atoms with Gasteiger partial charge in [0.15, 0.2) is 0 Å². The number of aromatic nitrogens is 3. The minimum Gasteiger partial charge on any atom is -0.475 e. The van der Waals surface area contributed by atoms with Gasteiger partial charge < -0.3 is 24.6 Å². The van der Waals surface area contributed by atoms with Crippen LogP contribution in [-0.2, 0) is 20.9 Å². The smallest absolute Gasteiger partial charge is 0.270 e. The Kier molecular flexibility index (Phi) is 9.17. The van der Waals surface area contributed by atoms with Crippen LogP contribution < -0.4 is 10.1 Å². The third-order valence-electron chi connectivity index (χ3n) is 7.81. The highest BCUT2D eigenvalue weighted by Gasteiger charge is 2.40. The predicted molar refractivity (Wildman–Crippen MR) is 144 cm³/mol. The van der Waals surface area contributed by atoms with Crippen molar-refractivity contribution in [2.75, 3.05) is 52.5 Å². The van der Waals surface area contributed by atoms with Gasteiger partial charge in [0.25, 0.3) is 5.91 Å². The fourth-order valence-electron chi connectivity index (χ4n) is 5.68. The van der Waals surface area contributed by atoms with Crippen LogP contribution in [0.3, 0.4) is 0 Å². The number of hydrogen-bond donors (Lipinski definition) is 1. The van der Waals surface area contributed by atoms with Gasteiger partial charge in [-0.15, -0.1) is 0 Å². The number of hydrogen-bond acceptors (Lipinski definition) is 9. The Balaban J connectivity index is 1.35. The number of ether oxygens (including phenoxy) is 2. The Labute approximate surface area is 234 Å². The van der Waals surface area contributed by atoms with Crippen molar-refractivity contribution >= 4 is 17.7 Å². The molecule has 12 nitrogen and oxygen atoms in total. The van der Waals surface area contributed by atoms with Gasteiger partial charge in [0.2, 0.25) is 17.7 Å². The standard InChI is InChI=1S/C28H37N7O5/c1-20(36)34-9-10-39-11-12-40-26-4-2-3-24(32-26)27(37)31-23-13-25(28(38)33-7-5-21(16-34)6-8-33)35(18-23)17-22-14-29-19-30-15-22/h2-4,14-15,19,21,23,25H,5-13,16-18H2,1H3,(H,31,37)/t23-,25-/m0/s1. The van der Waals surface area contributed by atoms with Crippen LogP contribution in [0.4, 0.5) is 0 Å². The minimum absolute atomic E-state index is 0.0208. The molecule has 0 aliphatic carbocycles. The summed E-state index contributed by atoms with van der Waals surface area (Å²) in [5, 5.41) is 3.08. The second-order valence-corrected chi connectivity index (χ2v) is 10.7. The third kappa shape index (κ3) is 7.11. The van der Waals surface area contributed by atoms with E-state index in [-0.39, 0.29) is 42.1 Å². The maximum atomic E-state index is 13.8. The summed E-state index contributed by atoms with van der Waals surface area (Å²) in [6.45, 7) is 6.10. The number of likely N-dealkylation sites (tertiary alicyclic amines) is 1. The van der Waals surface area contributed by atoms with Gasteiger partial charge in [-0.1, -0.05) is 6.07 Å². The molecule has 4 aliphatic rings. The maximum Gasteiger partial charge on any atom is 0.270 e. The highest BCUT2D eigenvalue weighted by molar-refractivity contribution is 5.92. The molecule has 2 atom stereocenters. The van der Waals surface area contributed by atoms with Crippen molar-refractivity contribution in [1.82, 2.24) is 35.0 Å². The summed E-state index contributed by atoms with van der Waals surface area (Å²) in [5.41, 5.74) is 1.16. The molecule has 4 aliphatic heterocycles. The van der Waals surface area contributed by atoms with Crippen LogP contribution in [0.15, 0.2) is 36.9 Å². The third-order valence-corrected chi connectivity index (χ3v) is 7.81. The van der Waals surface area contributed by atoms with Crippen molar-refractivity contribution in [3.63, 3.8) is 0 Å². The highest BCUT2D eigenvalue weighted by atomic mass is 16.5. The molecule has 0 saturated carbocycles. The quantitative estimate of drug-likeness (QED) is 0.537. The monoisotopic (exact) mass is 551 g/mol. The zero-order valence-electron chi connectivity index (χ0n) is 22.9. The van der Waals surface area contributed by atoms with Crippen LogP contribution in [0.2, 0.25) is 0 Å². The second kappa shape index (κ2) is 13.1. The summed E-state index contributed by atoms with van der Waals surface area (Å²) in [4.78, 5) is 57.7. The number of nitrogens with zero attached hydrogens (tertiary/aromatic N) is 6. The summed E-state index contributed by atoms with van der Waals surface area (Å²) >= 11 is 0. The van der Waals surface area contributed by atoms with Crippen molar-refractivity contribution in [1.29, 1.82) is 0 Å².